The number of rotatable bonds is 3. The van der Waals surface area contributed by atoms with Crippen LogP contribution in [0.3, 0.4) is 0 Å². The molecular weight excluding hydrogens is 220 g/mol. The molecule has 1 amide bonds. The fourth-order valence-electron chi connectivity index (χ4n) is 1.36. The summed E-state index contributed by atoms with van der Waals surface area (Å²) in [5, 5.41) is 6.64. The lowest BCUT2D eigenvalue weighted by atomic mass is 10.4. The number of anilines is 1. The third-order valence-electron chi connectivity index (χ3n) is 2.20. The van der Waals surface area contributed by atoms with Gasteiger partial charge in [0.1, 0.15) is 5.82 Å². The number of nitrogens with two attached hydrogens (primary N) is 1. The van der Waals surface area contributed by atoms with Crippen molar-refractivity contribution in [1.82, 2.24) is 20.1 Å². The molecule has 7 nitrogen and oxygen atoms in total. The molecule has 4 N–H and O–H groups in total. The van der Waals surface area contributed by atoms with Crippen LogP contribution in [-0.4, -0.2) is 27.7 Å². The Morgan fingerprint density at radius 1 is 1.47 bits per heavy atom. The Morgan fingerprint density at radius 3 is 3.00 bits per heavy atom. The molecule has 0 radical (unpaired) electrons. The summed E-state index contributed by atoms with van der Waals surface area (Å²) in [6, 6.07) is 5.12. The minimum Gasteiger partial charge on any atom is -0.354 e. The van der Waals surface area contributed by atoms with Gasteiger partial charge in [0, 0.05) is 25.5 Å². The fourth-order valence-corrected chi connectivity index (χ4v) is 1.36. The summed E-state index contributed by atoms with van der Waals surface area (Å²) in [5.74, 6) is 5.57. The first kappa shape index (κ1) is 11.1. The number of carbonyl (C=O) groups excluding carboxylic acids is 1. The van der Waals surface area contributed by atoms with Gasteiger partial charge in [0.05, 0.1) is 5.69 Å². The molecule has 0 spiro atoms. The Hall–Kier alpha value is -2.41. The van der Waals surface area contributed by atoms with E-state index in [1.165, 1.54) is 0 Å². The molecule has 0 saturated carbocycles. The van der Waals surface area contributed by atoms with E-state index >= 15 is 0 Å². The predicted molar refractivity (Wildman–Crippen MR) is 62.6 cm³/mol. The largest absolute Gasteiger partial charge is 0.354 e. The van der Waals surface area contributed by atoms with Crippen molar-refractivity contribution in [1.29, 1.82) is 0 Å². The van der Waals surface area contributed by atoms with Crippen LogP contribution in [0.2, 0.25) is 0 Å². The molecule has 0 aliphatic carbocycles. The zero-order valence-corrected chi connectivity index (χ0v) is 9.21. The van der Waals surface area contributed by atoms with Crippen molar-refractivity contribution in [3.05, 3.63) is 36.3 Å². The third kappa shape index (κ3) is 2.23. The number of nitrogen functional groups attached to an aromatic ring is 1. The number of amides is 1. The van der Waals surface area contributed by atoms with Gasteiger partial charge >= 0.3 is 0 Å². The first-order valence-corrected chi connectivity index (χ1v) is 4.95. The van der Waals surface area contributed by atoms with Crippen LogP contribution < -0.4 is 16.6 Å². The highest BCUT2D eigenvalue weighted by molar-refractivity contribution is 5.91. The van der Waals surface area contributed by atoms with E-state index in [1.54, 1.807) is 42.3 Å². The van der Waals surface area contributed by atoms with Gasteiger partial charge in [-0.3, -0.25) is 4.79 Å². The first-order chi connectivity index (χ1) is 8.24. The number of pyridine rings is 1. The van der Waals surface area contributed by atoms with E-state index in [-0.39, 0.29) is 5.91 Å². The lowest BCUT2D eigenvalue weighted by Crippen LogP contribution is -2.18. The maximum absolute atomic E-state index is 11.3. The number of hydrogen-bond donors (Lipinski definition) is 3. The average Bonchev–Trinajstić information content (AvgIpc) is 2.87. The fraction of sp³-hybridized carbons (Fsp3) is 0.100. The summed E-state index contributed by atoms with van der Waals surface area (Å²) in [7, 11) is 1.56. The van der Waals surface area contributed by atoms with Crippen LogP contribution in [0, 0.1) is 0 Å². The molecule has 0 saturated heterocycles. The van der Waals surface area contributed by atoms with Crippen molar-refractivity contribution < 1.29 is 4.79 Å². The maximum Gasteiger partial charge on any atom is 0.271 e. The van der Waals surface area contributed by atoms with Crippen molar-refractivity contribution in [2.75, 3.05) is 12.5 Å². The Morgan fingerprint density at radius 2 is 2.29 bits per heavy atom. The molecule has 88 valence electrons. The van der Waals surface area contributed by atoms with Crippen LogP contribution in [0.25, 0.3) is 5.69 Å². The number of hydrazine groups is 1. The van der Waals surface area contributed by atoms with E-state index < -0.39 is 0 Å². The van der Waals surface area contributed by atoms with Gasteiger partial charge in [-0.05, 0) is 12.1 Å². The molecule has 2 heterocycles. The Balaban J connectivity index is 2.33. The molecule has 0 fully saturated rings. The zero-order chi connectivity index (χ0) is 12.3. The molecule has 7 heteroatoms. The van der Waals surface area contributed by atoms with Crippen molar-refractivity contribution in [3.63, 3.8) is 0 Å². The van der Waals surface area contributed by atoms with Gasteiger partial charge in [0.25, 0.3) is 5.91 Å². The highest BCUT2D eigenvalue weighted by Gasteiger charge is 2.08. The molecule has 2 aromatic heterocycles. The van der Waals surface area contributed by atoms with E-state index in [1.807, 2.05) is 0 Å². The van der Waals surface area contributed by atoms with Gasteiger partial charge in [-0.2, -0.15) is 5.10 Å². The van der Waals surface area contributed by atoms with Crippen molar-refractivity contribution >= 4 is 11.7 Å². The quantitative estimate of drug-likeness (QED) is 0.507. The molecule has 2 rings (SSSR count). The van der Waals surface area contributed by atoms with E-state index in [4.69, 9.17) is 5.84 Å². The van der Waals surface area contributed by atoms with Crippen LogP contribution in [-0.2, 0) is 0 Å². The number of nitrogens with one attached hydrogen (secondary N) is 2. The number of aromatic nitrogens is 3. The van der Waals surface area contributed by atoms with Crippen LogP contribution in [0.1, 0.15) is 10.5 Å². The summed E-state index contributed by atoms with van der Waals surface area (Å²) >= 11 is 0. The summed E-state index contributed by atoms with van der Waals surface area (Å²) in [5.41, 5.74) is 3.57. The van der Waals surface area contributed by atoms with Gasteiger partial charge in [-0.15, -0.1) is 0 Å². The lowest BCUT2D eigenvalue weighted by Gasteiger charge is -2.03. The Kier molecular flexibility index (Phi) is 3.01. The molecule has 2 aromatic rings. The molecular formula is C10H12N6O. The van der Waals surface area contributed by atoms with E-state index in [0.717, 1.165) is 5.69 Å². The minimum absolute atomic E-state index is 0.227. The van der Waals surface area contributed by atoms with Gasteiger partial charge < -0.3 is 10.7 Å². The Labute approximate surface area is 97.6 Å². The second-order valence-electron chi connectivity index (χ2n) is 3.27. The smallest absolute Gasteiger partial charge is 0.271 e. The molecule has 17 heavy (non-hydrogen) atoms. The summed E-state index contributed by atoms with van der Waals surface area (Å²) in [6.45, 7) is 0. The molecule has 0 aliphatic heterocycles. The highest BCUT2D eigenvalue weighted by Crippen LogP contribution is 2.10. The van der Waals surface area contributed by atoms with E-state index in [0.29, 0.717) is 11.5 Å². The van der Waals surface area contributed by atoms with Gasteiger partial charge in [-0.1, -0.05) is 0 Å². The standard InChI is InChI=1S/C10H12N6O/c1-12-10(17)8-3-5-16(15-8)7-2-4-13-9(6-7)14-11/h2-6H,11H2,1H3,(H,12,17)(H,13,14). The zero-order valence-electron chi connectivity index (χ0n) is 9.21. The Bertz CT molecular complexity index is 535. The molecule has 0 aliphatic rings. The number of hydrogen-bond acceptors (Lipinski definition) is 5. The molecule has 0 unspecified atom stereocenters. The SMILES string of the molecule is CNC(=O)c1ccn(-c2ccnc(NN)c2)n1. The maximum atomic E-state index is 11.3. The molecule has 0 aromatic carbocycles. The normalized spacial score (nSPS) is 10.0. The highest BCUT2D eigenvalue weighted by atomic mass is 16.1. The molecule has 0 bridgehead atoms. The van der Waals surface area contributed by atoms with E-state index in [2.05, 4.69) is 20.8 Å². The lowest BCUT2D eigenvalue weighted by molar-refractivity contribution is 0.0958. The van der Waals surface area contributed by atoms with Gasteiger partial charge in [0.2, 0.25) is 0 Å². The average molecular weight is 232 g/mol. The summed E-state index contributed by atoms with van der Waals surface area (Å²) in [6.07, 6.45) is 3.30. The van der Waals surface area contributed by atoms with Crippen molar-refractivity contribution in [2.24, 2.45) is 5.84 Å². The first-order valence-electron chi connectivity index (χ1n) is 4.95. The minimum atomic E-state index is -0.227. The van der Waals surface area contributed by atoms with Crippen molar-refractivity contribution in [2.45, 2.75) is 0 Å². The predicted octanol–water partition coefficient (Wildman–Crippen LogP) is -0.0875. The summed E-state index contributed by atoms with van der Waals surface area (Å²) < 4.78 is 1.58. The van der Waals surface area contributed by atoms with Crippen LogP contribution in [0.15, 0.2) is 30.6 Å². The number of carbonyl (C=O) groups is 1. The van der Waals surface area contributed by atoms with Crippen LogP contribution >= 0.6 is 0 Å². The summed E-state index contributed by atoms with van der Waals surface area (Å²) in [4.78, 5) is 15.3. The van der Waals surface area contributed by atoms with Crippen LogP contribution in [0.4, 0.5) is 5.82 Å². The number of nitrogens with zero attached hydrogens (tertiary/aromatic N) is 3. The second-order valence-corrected chi connectivity index (χ2v) is 3.27. The topological polar surface area (TPSA) is 97.9 Å². The van der Waals surface area contributed by atoms with Crippen LogP contribution in [0.5, 0.6) is 0 Å². The van der Waals surface area contributed by atoms with Crippen molar-refractivity contribution in [3.8, 4) is 5.69 Å². The second kappa shape index (κ2) is 4.62. The van der Waals surface area contributed by atoms with Gasteiger partial charge in [0.15, 0.2) is 5.69 Å². The molecule has 0 atom stereocenters. The van der Waals surface area contributed by atoms with Gasteiger partial charge in [-0.25, -0.2) is 15.5 Å². The van der Waals surface area contributed by atoms with E-state index in [9.17, 15) is 4.79 Å². The monoisotopic (exact) mass is 232 g/mol. The third-order valence-corrected chi connectivity index (χ3v) is 2.20.